The van der Waals surface area contributed by atoms with Crippen molar-refractivity contribution in [1.29, 1.82) is 0 Å². The Kier molecular flexibility index (Phi) is 4.77. The zero-order valence-corrected chi connectivity index (χ0v) is 13.7. The van der Waals surface area contributed by atoms with Crippen molar-refractivity contribution < 1.29 is 9.53 Å². The second-order valence-electron chi connectivity index (χ2n) is 5.12. The van der Waals surface area contributed by atoms with Gasteiger partial charge in [-0.25, -0.2) is 5.43 Å². The van der Waals surface area contributed by atoms with Crippen molar-refractivity contribution >= 4 is 34.5 Å². The van der Waals surface area contributed by atoms with Gasteiger partial charge in [0.2, 0.25) is 0 Å². The quantitative estimate of drug-likeness (QED) is 0.570. The van der Waals surface area contributed by atoms with Gasteiger partial charge >= 0.3 is 0 Å². The van der Waals surface area contributed by atoms with E-state index in [0.717, 1.165) is 16.3 Å². The van der Waals surface area contributed by atoms with Crippen LogP contribution in [0.4, 0.5) is 0 Å². The molecule has 0 atom stereocenters. The van der Waals surface area contributed by atoms with Crippen molar-refractivity contribution in [2.45, 2.75) is 0 Å². The molecule has 0 fully saturated rings. The molecular formula is C19H15ClN2O2. The van der Waals surface area contributed by atoms with Crippen molar-refractivity contribution in [3.05, 3.63) is 76.8 Å². The van der Waals surface area contributed by atoms with Crippen LogP contribution < -0.4 is 10.2 Å². The van der Waals surface area contributed by atoms with Gasteiger partial charge in [0.1, 0.15) is 5.75 Å². The average molecular weight is 339 g/mol. The maximum absolute atomic E-state index is 12.1. The summed E-state index contributed by atoms with van der Waals surface area (Å²) < 4.78 is 5.07. The van der Waals surface area contributed by atoms with E-state index in [1.54, 1.807) is 24.4 Å². The van der Waals surface area contributed by atoms with Crippen molar-refractivity contribution in [3.8, 4) is 5.75 Å². The molecule has 3 aromatic carbocycles. The van der Waals surface area contributed by atoms with Crippen LogP contribution in [0.2, 0.25) is 5.02 Å². The van der Waals surface area contributed by atoms with Gasteiger partial charge in [-0.3, -0.25) is 4.79 Å². The molecule has 3 rings (SSSR count). The van der Waals surface area contributed by atoms with Gasteiger partial charge in [0.25, 0.3) is 5.91 Å². The molecule has 0 aliphatic carbocycles. The third-order valence-corrected chi connectivity index (χ3v) is 3.90. The standard InChI is InChI=1S/C19H15ClN2O2/c1-24-18-10-9-14(11-17(18)20)19(23)22-21-12-15-7-4-6-13-5-2-3-8-16(13)15/h2-12H,1H3,(H,22,23)/b21-12+. The highest BCUT2D eigenvalue weighted by molar-refractivity contribution is 6.32. The maximum Gasteiger partial charge on any atom is 0.271 e. The van der Waals surface area contributed by atoms with Crippen LogP contribution in [0.25, 0.3) is 10.8 Å². The molecule has 4 nitrogen and oxygen atoms in total. The fourth-order valence-electron chi connectivity index (χ4n) is 2.40. The molecule has 120 valence electrons. The predicted octanol–water partition coefficient (Wildman–Crippen LogP) is 4.27. The first-order valence-corrected chi connectivity index (χ1v) is 7.71. The van der Waals surface area contributed by atoms with Gasteiger partial charge in [0, 0.05) is 11.1 Å². The molecule has 0 radical (unpaired) electrons. The van der Waals surface area contributed by atoms with E-state index in [1.165, 1.54) is 7.11 Å². The summed E-state index contributed by atoms with van der Waals surface area (Å²) in [5.74, 6) is 0.184. The second kappa shape index (κ2) is 7.15. The molecule has 3 aromatic rings. The number of methoxy groups -OCH3 is 1. The first-order valence-electron chi connectivity index (χ1n) is 7.34. The Labute approximate surface area is 144 Å². The molecule has 0 unspecified atom stereocenters. The van der Waals surface area contributed by atoms with Gasteiger partial charge < -0.3 is 4.74 Å². The Morgan fingerprint density at radius 1 is 1.12 bits per heavy atom. The Morgan fingerprint density at radius 2 is 1.92 bits per heavy atom. The number of halogens is 1. The SMILES string of the molecule is COc1ccc(C(=O)N/N=C/c2cccc3ccccc23)cc1Cl. The van der Waals surface area contributed by atoms with Crippen LogP contribution in [0.3, 0.4) is 0 Å². The van der Waals surface area contributed by atoms with E-state index >= 15 is 0 Å². The van der Waals surface area contributed by atoms with E-state index in [1.807, 2.05) is 42.5 Å². The number of nitrogens with zero attached hydrogens (tertiary/aromatic N) is 1. The third-order valence-electron chi connectivity index (χ3n) is 3.61. The molecule has 1 N–H and O–H groups in total. The number of rotatable bonds is 4. The van der Waals surface area contributed by atoms with Gasteiger partial charge in [0.15, 0.2) is 0 Å². The first-order chi connectivity index (χ1) is 11.7. The van der Waals surface area contributed by atoms with Gasteiger partial charge in [-0.1, -0.05) is 54.1 Å². The monoisotopic (exact) mass is 338 g/mol. The normalized spacial score (nSPS) is 10.9. The summed E-state index contributed by atoms with van der Waals surface area (Å²) in [6.45, 7) is 0. The topological polar surface area (TPSA) is 50.7 Å². The van der Waals surface area contributed by atoms with Crippen molar-refractivity contribution in [2.24, 2.45) is 5.10 Å². The van der Waals surface area contributed by atoms with Crippen molar-refractivity contribution in [3.63, 3.8) is 0 Å². The summed E-state index contributed by atoms with van der Waals surface area (Å²) in [4.78, 5) is 12.1. The Morgan fingerprint density at radius 3 is 2.71 bits per heavy atom. The summed E-state index contributed by atoms with van der Waals surface area (Å²) >= 11 is 6.03. The van der Waals surface area contributed by atoms with Crippen LogP contribution in [0.1, 0.15) is 15.9 Å². The van der Waals surface area contributed by atoms with Crippen molar-refractivity contribution in [1.82, 2.24) is 5.43 Å². The largest absolute Gasteiger partial charge is 0.495 e. The minimum atomic E-state index is -0.337. The second-order valence-corrected chi connectivity index (χ2v) is 5.52. The molecule has 0 aromatic heterocycles. The molecule has 24 heavy (non-hydrogen) atoms. The van der Waals surface area contributed by atoms with Crippen LogP contribution >= 0.6 is 11.6 Å². The van der Waals surface area contributed by atoms with E-state index in [9.17, 15) is 4.79 Å². The fourth-order valence-corrected chi connectivity index (χ4v) is 2.65. The van der Waals surface area contributed by atoms with E-state index < -0.39 is 0 Å². The summed E-state index contributed by atoms with van der Waals surface area (Å²) in [6, 6.07) is 18.8. The zero-order valence-electron chi connectivity index (χ0n) is 13.0. The molecule has 0 bridgehead atoms. The smallest absolute Gasteiger partial charge is 0.271 e. The lowest BCUT2D eigenvalue weighted by Crippen LogP contribution is -2.17. The highest BCUT2D eigenvalue weighted by Gasteiger charge is 2.08. The van der Waals surface area contributed by atoms with Gasteiger partial charge in [0.05, 0.1) is 18.3 Å². The number of hydrazone groups is 1. The number of nitrogens with one attached hydrogen (secondary N) is 1. The molecule has 0 aliphatic rings. The number of fused-ring (bicyclic) bond motifs is 1. The number of hydrogen-bond donors (Lipinski definition) is 1. The Bertz CT molecular complexity index is 917. The van der Waals surface area contributed by atoms with Crippen LogP contribution in [0, 0.1) is 0 Å². The average Bonchev–Trinajstić information content (AvgIpc) is 2.61. The number of carbonyl (C=O) groups is 1. The van der Waals surface area contributed by atoms with E-state index in [2.05, 4.69) is 10.5 Å². The van der Waals surface area contributed by atoms with E-state index in [-0.39, 0.29) is 5.91 Å². The van der Waals surface area contributed by atoms with Crippen LogP contribution in [-0.2, 0) is 0 Å². The summed E-state index contributed by atoms with van der Waals surface area (Å²) in [5, 5.41) is 6.61. The number of hydrogen-bond acceptors (Lipinski definition) is 3. The molecule has 0 aliphatic heterocycles. The van der Waals surface area contributed by atoms with Crippen LogP contribution in [-0.4, -0.2) is 19.2 Å². The van der Waals surface area contributed by atoms with Crippen LogP contribution in [0.15, 0.2) is 65.8 Å². The zero-order chi connectivity index (χ0) is 16.9. The van der Waals surface area contributed by atoms with E-state index in [0.29, 0.717) is 16.3 Å². The fraction of sp³-hybridized carbons (Fsp3) is 0.0526. The molecule has 0 saturated heterocycles. The van der Waals surface area contributed by atoms with Crippen molar-refractivity contribution in [2.75, 3.05) is 7.11 Å². The lowest BCUT2D eigenvalue weighted by molar-refractivity contribution is 0.0955. The first kappa shape index (κ1) is 16.0. The predicted molar refractivity (Wildman–Crippen MR) is 97.0 cm³/mol. The maximum atomic E-state index is 12.1. The molecule has 0 heterocycles. The van der Waals surface area contributed by atoms with Gasteiger partial charge in [-0.15, -0.1) is 0 Å². The Balaban J connectivity index is 1.76. The molecule has 0 saturated carbocycles. The minimum Gasteiger partial charge on any atom is -0.495 e. The van der Waals surface area contributed by atoms with Crippen LogP contribution in [0.5, 0.6) is 5.75 Å². The minimum absolute atomic E-state index is 0.337. The number of carbonyl (C=O) groups excluding carboxylic acids is 1. The summed E-state index contributed by atoms with van der Waals surface area (Å²) in [5.41, 5.74) is 3.85. The molecule has 0 spiro atoms. The molecular weight excluding hydrogens is 324 g/mol. The highest BCUT2D eigenvalue weighted by Crippen LogP contribution is 2.24. The summed E-state index contributed by atoms with van der Waals surface area (Å²) in [7, 11) is 1.52. The van der Waals surface area contributed by atoms with Gasteiger partial charge in [-0.05, 0) is 29.0 Å². The lowest BCUT2D eigenvalue weighted by atomic mass is 10.1. The highest BCUT2D eigenvalue weighted by atomic mass is 35.5. The summed E-state index contributed by atoms with van der Waals surface area (Å²) in [6.07, 6.45) is 1.63. The Hall–Kier alpha value is -2.85. The molecule has 5 heteroatoms. The molecule has 1 amide bonds. The van der Waals surface area contributed by atoms with E-state index in [4.69, 9.17) is 16.3 Å². The van der Waals surface area contributed by atoms with Gasteiger partial charge in [-0.2, -0.15) is 5.10 Å². The number of ether oxygens (including phenoxy) is 1. The number of benzene rings is 3. The number of amides is 1. The lowest BCUT2D eigenvalue weighted by Gasteiger charge is -2.05. The third kappa shape index (κ3) is 3.39.